The lowest BCUT2D eigenvalue weighted by atomic mass is 10.0. The molecule has 1 amide bonds. The summed E-state index contributed by atoms with van der Waals surface area (Å²) in [5.74, 6) is 0.877. The van der Waals surface area contributed by atoms with Gasteiger partial charge in [0.15, 0.2) is 0 Å². The van der Waals surface area contributed by atoms with Gasteiger partial charge >= 0.3 is 0 Å². The molecule has 0 saturated heterocycles. The number of rotatable bonds is 4. The Labute approximate surface area is 94.3 Å². The van der Waals surface area contributed by atoms with Crippen LogP contribution in [0.2, 0.25) is 0 Å². The van der Waals surface area contributed by atoms with E-state index < -0.39 is 0 Å². The van der Waals surface area contributed by atoms with Crippen LogP contribution in [0, 0.1) is 0 Å². The van der Waals surface area contributed by atoms with Crippen molar-refractivity contribution in [1.82, 2.24) is 4.98 Å². The van der Waals surface area contributed by atoms with Crippen LogP contribution in [-0.2, 0) is 16.0 Å². The molecule has 0 saturated carbocycles. The number of aromatic nitrogens is 1. The van der Waals surface area contributed by atoms with Crippen molar-refractivity contribution in [2.24, 2.45) is 0 Å². The van der Waals surface area contributed by atoms with Gasteiger partial charge in [-0.05, 0) is 24.5 Å². The summed E-state index contributed by atoms with van der Waals surface area (Å²) in [5.41, 5.74) is 1.12. The van der Waals surface area contributed by atoms with E-state index in [1.807, 2.05) is 12.1 Å². The molecule has 0 aromatic carbocycles. The van der Waals surface area contributed by atoms with Crippen LogP contribution in [0.4, 0.5) is 5.82 Å². The molecule has 0 radical (unpaired) electrons. The van der Waals surface area contributed by atoms with Gasteiger partial charge in [-0.15, -0.1) is 0 Å². The molecular formula is C12H14N2O2. The third-order valence-electron chi connectivity index (χ3n) is 2.74. The molecule has 1 aliphatic rings. The number of aryl methyl sites for hydroxylation is 1. The Bertz CT molecular complexity index is 404. The van der Waals surface area contributed by atoms with E-state index in [1.54, 1.807) is 11.1 Å². The summed E-state index contributed by atoms with van der Waals surface area (Å²) in [5, 5.41) is 0. The van der Waals surface area contributed by atoms with Crippen LogP contribution in [0.15, 0.2) is 18.3 Å². The highest BCUT2D eigenvalue weighted by Gasteiger charge is 2.24. The van der Waals surface area contributed by atoms with Crippen molar-refractivity contribution in [1.29, 1.82) is 0 Å². The van der Waals surface area contributed by atoms with E-state index in [4.69, 9.17) is 0 Å². The minimum absolute atomic E-state index is 0.108. The zero-order valence-electron chi connectivity index (χ0n) is 9.06. The van der Waals surface area contributed by atoms with E-state index >= 15 is 0 Å². The van der Waals surface area contributed by atoms with E-state index in [9.17, 15) is 9.59 Å². The molecule has 0 N–H and O–H groups in total. The fourth-order valence-electron chi connectivity index (χ4n) is 1.93. The normalized spacial score (nSPS) is 14.8. The minimum atomic E-state index is 0.108. The number of carbonyl (C=O) groups is 2. The van der Waals surface area contributed by atoms with Gasteiger partial charge in [-0.25, -0.2) is 4.98 Å². The van der Waals surface area contributed by atoms with Crippen LogP contribution in [0.25, 0.3) is 0 Å². The van der Waals surface area contributed by atoms with Crippen LogP contribution in [0.1, 0.15) is 24.8 Å². The first-order valence-corrected chi connectivity index (χ1v) is 5.51. The average molecular weight is 218 g/mol. The second-order valence-corrected chi connectivity index (χ2v) is 3.84. The van der Waals surface area contributed by atoms with Crippen molar-refractivity contribution in [2.45, 2.75) is 25.7 Å². The molecule has 16 heavy (non-hydrogen) atoms. The largest absolute Gasteiger partial charge is 0.303 e. The molecule has 1 aromatic rings. The molecule has 4 heteroatoms. The lowest BCUT2D eigenvalue weighted by Gasteiger charge is -2.27. The van der Waals surface area contributed by atoms with Crippen molar-refractivity contribution in [2.75, 3.05) is 11.4 Å². The number of fused-ring (bicyclic) bond motifs is 1. The summed E-state index contributed by atoms with van der Waals surface area (Å²) in [7, 11) is 0. The molecule has 4 nitrogen and oxygen atoms in total. The second-order valence-electron chi connectivity index (χ2n) is 3.84. The highest BCUT2D eigenvalue weighted by atomic mass is 16.2. The maximum Gasteiger partial charge on any atom is 0.228 e. The summed E-state index contributed by atoms with van der Waals surface area (Å²) in [4.78, 5) is 27.9. The Hall–Kier alpha value is -1.71. The summed E-state index contributed by atoms with van der Waals surface area (Å²) in [6, 6.07) is 3.89. The lowest BCUT2D eigenvalue weighted by molar-refractivity contribution is -0.119. The molecule has 1 aliphatic heterocycles. The van der Waals surface area contributed by atoms with Crippen LogP contribution < -0.4 is 4.90 Å². The van der Waals surface area contributed by atoms with Crippen LogP contribution in [-0.4, -0.2) is 23.7 Å². The number of unbranched alkanes of at least 4 members (excludes halogenated alkanes) is 1. The monoisotopic (exact) mass is 218 g/mol. The number of amides is 1. The van der Waals surface area contributed by atoms with Gasteiger partial charge in [0, 0.05) is 25.6 Å². The highest BCUT2D eigenvalue weighted by molar-refractivity contribution is 5.95. The number of pyridine rings is 1. The van der Waals surface area contributed by atoms with Crippen LogP contribution >= 0.6 is 0 Å². The molecular weight excluding hydrogens is 204 g/mol. The predicted molar refractivity (Wildman–Crippen MR) is 60.2 cm³/mol. The predicted octanol–water partition coefficient (Wildman–Crippen LogP) is 1.34. The SMILES string of the molecule is O=CCCCN1C(=O)CCc2cccnc21. The molecule has 2 heterocycles. The Morgan fingerprint density at radius 2 is 2.31 bits per heavy atom. The fourth-order valence-corrected chi connectivity index (χ4v) is 1.93. The fraction of sp³-hybridized carbons (Fsp3) is 0.417. The van der Waals surface area contributed by atoms with Gasteiger partial charge in [-0.1, -0.05) is 6.07 Å². The van der Waals surface area contributed by atoms with Crippen molar-refractivity contribution < 1.29 is 9.59 Å². The van der Waals surface area contributed by atoms with E-state index in [-0.39, 0.29) is 5.91 Å². The first kappa shape index (κ1) is 10.8. The Balaban J connectivity index is 2.16. The van der Waals surface area contributed by atoms with Crippen molar-refractivity contribution >= 4 is 18.0 Å². The van der Waals surface area contributed by atoms with E-state index in [0.29, 0.717) is 25.8 Å². The topological polar surface area (TPSA) is 50.3 Å². The van der Waals surface area contributed by atoms with Gasteiger partial charge in [-0.2, -0.15) is 0 Å². The number of nitrogens with zero attached hydrogens (tertiary/aromatic N) is 2. The standard InChI is InChI=1S/C12H14N2O2/c15-9-2-1-8-14-11(16)6-5-10-4-3-7-13-12(10)14/h3-4,7,9H,1-2,5-6,8H2. The number of hydrogen-bond donors (Lipinski definition) is 0. The van der Waals surface area contributed by atoms with Crippen molar-refractivity contribution in [3.05, 3.63) is 23.9 Å². The van der Waals surface area contributed by atoms with Crippen LogP contribution in [0.3, 0.4) is 0 Å². The lowest BCUT2D eigenvalue weighted by Crippen LogP contribution is -2.36. The molecule has 84 valence electrons. The van der Waals surface area contributed by atoms with Gasteiger partial charge in [-0.3, -0.25) is 9.69 Å². The second kappa shape index (κ2) is 4.88. The highest BCUT2D eigenvalue weighted by Crippen LogP contribution is 2.24. The molecule has 0 bridgehead atoms. The van der Waals surface area contributed by atoms with Crippen molar-refractivity contribution in [3.63, 3.8) is 0 Å². The molecule has 0 unspecified atom stereocenters. The smallest absolute Gasteiger partial charge is 0.228 e. The third kappa shape index (κ3) is 2.10. The number of anilines is 1. The Kier molecular flexibility index (Phi) is 3.29. The zero-order chi connectivity index (χ0) is 11.4. The van der Waals surface area contributed by atoms with Gasteiger partial charge in [0.1, 0.15) is 12.1 Å². The first-order chi connectivity index (χ1) is 7.83. The van der Waals surface area contributed by atoms with Gasteiger partial charge in [0.25, 0.3) is 0 Å². The van der Waals surface area contributed by atoms with E-state index in [1.165, 1.54) is 0 Å². The minimum Gasteiger partial charge on any atom is -0.303 e. The van der Waals surface area contributed by atoms with Gasteiger partial charge < -0.3 is 4.79 Å². The third-order valence-corrected chi connectivity index (χ3v) is 2.74. The number of aldehydes is 1. The first-order valence-electron chi connectivity index (χ1n) is 5.51. The van der Waals surface area contributed by atoms with E-state index in [2.05, 4.69) is 4.98 Å². The summed E-state index contributed by atoms with van der Waals surface area (Å²) >= 11 is 0. The molecule has 0 atom stereocenters. The van der Waals surface area contributed by atoms with Crippen molar-refractivity contribution in [3.8, 4) is 0 Å². The van der Waals surface area contributed by atoms with Gasteiger partial charge in [0.2, 0.25) is 5.91 Å². The Morgan fingerprint density at radius 1 is 1.44 bits per heavy atom. The summed E-state index contributed by atoms with van der Waals surface area (Å²) in [6.45, 7) is 0.585. The maximum absolute atomic E-state index is 11.7. The number of hydrogen-bond acceptors (Lipinski definition) is 3. The number of carbonyl (C=O) groups excluding carboxylic acids is 2. The summed E-state index contributed by atoms with van der Waals surface area (Å²) < 4.78 is 0. The Morgan fingerprint density at radius 3 is 3.12 bits per heavy atom. The van der Waals surface area contributed by atoms with E-state index in [0.717, 1.165) is 24.1 Å². The zero-order valence-corrected chi connectivity index (χ0v) is 9.06. The summed E-state index contributed by atoms with van der Waals surface area (Å²) in [6.07, 6.45) is 5.08. The molecule has 0 fully saturated rings. The molecule has 0 aliphatic carbocycles. The quantitative estimate of drug-likeness (QED) is 0.566. The molecule has 1 aromatic heterocycles. The van der Waals surface area contributed by atoms with Gasteiger partial charge in [0.05, 0.1) is 0 Å². The maximum atomic E-state index is 11.7. The average Bonchev–Trinajstić information content (AvgIpc) is 2.32. The molecule has 2 rings (SSSR count). The van der Waals surface area contributed by atoms with Crippen LogP contribution in [0.5, 0.6) is 0 Å². The molecule has 0 spiro atoms.